The third kappa shape index (κ3) is 4.64. The second kappa shape index (κ2) is 9.90. The van der Waals surface area contributed by atoms with E-state index in [-0.39, 0.29) is 10.8 Å². The van der Waals surface area contributed by atoms with Gasteiger partial charge >= 0.3 is 0 Å². The first-order valence-corrected chi connectivity index (χ1v) is 12.3. The van der Waals surface area contributed by atoms with Crippen molar-refractivity contribution in [1.82, 2.24) is 0 Å². The van der Waals surface area contributed by atoms with Gasteiger partial charge in [-0.25, -0.2) is 4.39 Å². The highest BCUT2D eigenvalue weighted by atomic mass is 35.5. The Hall–Kier alpha value is -1.28. The van der Waals surface area contributed by atoms with Crippen molar-refractivity contribution in [2.45, 2.75) is 70.6 Å². The number of hydrogen-bond acceptors (Lipinski definition) is 1. The summed E-state index contributed by atoms with van der Waals surface area (Å²) in [6, 6.07) is 3.59. The van der Waals surface area contributed by atoms with Crippen molar-refractivity contribution in [3.8, 4) is 5.75 Å². The first-order chi connectivity index (χ1) is 14.6. The van der Waals surface area contributed by atoms with Crippen molar-refractivity contribution in [2.75, 3.05) is 7.11 Å². The minimum absolute atomic E-state index is 0.0958. The summed E-state index contributed by atoms with van der Waals surface area (Å²) in [7, 11) is 1.52. The van der Waals surface area contributed by atoms with E-state index in [1.165, 1.54) is 64.9 Å². The lowest BCUT2D eigenvalue weighted by Crippen LogP contribution is -2.28. The average molecular weight is 431 g/mol. The molecule has 0 N–H and O–H groups in total. The van der Waals surface area contributed by atoms with Crippen molar-refractivity contribution < 1.29 is 9.13 Å². The molecule has 3 aliphatic rings. The van der Waals surface area contributed by atoms with Crippen LogP contribution in [0.2, 0.25) is 5.02 Å². The predicted octanol–water partition coefficient (Wildman–Crippen LogP) is 8.47. The molecule has 0 spiro atoms. The summed E-state index contributed by atoms with van der Waals surface area (Å²) >= 11 is 6.13. The van der Waals surface area contributed by atoms with Crippen LogP contribution in [0.15, 0.2) is 30.9 Å². The van der Waals surface area contributed by atoms with E-state index in [4.69, 9.17) is 16.3 Å². The molecule has 1 aromatic carbocycles. The molecule has 3 aliphatic carbocycles. The topological polar surface area (TPSA) is 9.23 Å². The second-order valence-corrected chi connectivity index (χ2v) is 10.2. The van der Waals surface area contributed by atoms with Crippen molar-refractivity contribution in [3.05, 3.63) is 47.3 Å². The van der Waals surface area contributed by atoms with E-state index < -0.39 is 0 Å². The Bertz CT molecular complexity index is 769. The third-order valence-electron chi connectivity index (χ3n) is 8.36. The summed E-state index contributed by atoms with van der Waals surface area (Å²) < 4.78 is 19.8. The lowest BCUT2D eigenvalue weighted by atomic mass is 9.66. The summed E-state index contributed by atoms with van der Waals surface area (Å²) in [6.45, 7) is 3.99. The molecule has 0 heterocycles. The minimum atomic E-state index is -0.340. The van der Waals surface area contributed by atoms with Gasteiger partial charge in [0.2, 0.25) is 0 Å². The summed E-state index contributed by atoms with van der Waals surface area (Å²) in [5.41, 5.74) is 1.76. The molecule has 2 saturated carbocycles. The van der Waals surface area contributed by atoms with Gasteiger partial charge in [0.25, 0.3) is 0 Å². The van der Waals surface area contributed by atoms with Gasteiger partial charge in [-0.1, -0.05) is 23.8 Å². The van der Waals surface area contributed by atoms with Crippen LogP contribution in [0, 0.1) is 35.4 Å². The van der Waals surface area contributed by atoms with Crippen molar-refractivity contribution in [3.63, 3.8) is 0 Å². The SMILES string of the molecule is C=CC1CCC(C2CCC(C3CC=C(c4ccc(OC)c(Cl)c4F)CC3)CC2)CC1. The quantitative estimate of drug-likeness (QED) is 0.425. The summed E-state index contributed by atoms with van der Waals surface area (Å²) in [5, 5.41) is 0.0958. The van der Waals surface area contributed by atoms with Crippen molar-refractivity contribution in [1.29, 1.82) is 0 Å². The van der Waals surface area contributed by atoms with Crippen LogP contribution in [0.5, 0.6) is 5.75 Å². The number of halogens is 2. The standard InChI is InChI=1S/C27H36ClFO/c1-3-18-4-6-19(7-5-18)20-8-10-21(11-9-20)22-12-14-23(15-13-22)24-16-17-25(30-2)26(28)27(24)29/h3,14,16-22H,1,4-13,15H2,2H3. The molecule has 0 amide bonds. The van der Waals surface area contributed by atoms with E-state index in [9.17, 15) is 4.39 Å². The van der Waals surface area contributed by atoms with Crippen LogP contribution in [0.3, 0.4) is 0 Å². The normalized spacial score (nSPS) is 32.4. The fraction of sp³-hybridized carbons (Fsp3) is 0.630. The molecule has 0 radical (unpaired) electrons. The van der Waals surface area contributed by atoms with Gasteiger partial charge in [-0.05, 0) is 118 Å². The van der Waals surface area contributed by atoms with Gasteiger partial charge in [0.15, 0.2) is 5.82 Å². The lowest BCUT2D eigenvalue weighted by molar-refractivity contribution is 0.128. The molecule has 0 aromatic heterocycles. The Balaban J connectivity index is 1.30. The fourth-order valence-electron chi connectivity index (χ4n) is 6.40. The fourth-order valence-corrected chi connectivity index (χ4v) is 6.65. The average Bonchev–Trinajstić information content (AvgIpc) is 2.81. The predicted molar refractivity (Wildman–Crippen MR) is 124 cm³/mol. The number of hydrogen-bond donors (Lipinski definition) is 0. The van der Waals surface area contributed by atoms with Gasteiger partial charge in [-0.2, -0.15) is 0 Å². The summed E-state index contributed by atoms with van der Waals surface area (Å²) in [4.78, 5) is 0. The molecule has 1 unspecified atom stereocenters. The monoisotopic (exact) mass is 430 g/mol. The van der Waals surface area contributed by atoms with Crippen LogP contribution < -0.4 is 4.74 Å². The van der Waals surface area contributed by atoms with Gasteiger partial charge in [0, 0.05) is 5.56 Å². The molecule has 1 nitrogen and oxygen atoms in total. The Morgan fingerprint density at radius 2 is 1.53 bits per heavy atom. The van der Waals surface area contributed by atoms with E-state index in [2.05, 4.69) is 18.7 Å². The maximum atomic E-state index is 14.7. The zero-order valence-corrected chi connectivity index (χ0v) is 19.1. The van der Waals surface area contributed by atoms with Crippen LogP contribution in [-0.2, 0) is 0 Å². The molecule has 2 fully saturated rings. The van der Waals surface area contributed by atoms with E-state index in [0.29, 0.717) is 11.3 Å². The number of allylic oxidation sites excluding steroid dienone is 3. The summed E-state index contributed by atoms with van der Waals surface area (Å²) in [5.74, 6) is 4.37. The number of rotatable bonds is 5. The first-order valence-electron chi connectivity index (χ1n) is 11.9. The van der Waals surface area contributed by atoms with Crippen LogP contribution in [0.4, 0.5) is 4.39 Å². The highest BCUT2D eigenvalue weighted by molar-refractivity contribution is 6.32. The first kappa shape index (κ1) is 21.9. The van der Waals surface area contributed by atoms with E-state index in [1.54, 1.807) is 6.07 Å². The van der Waals surface area contributed by atoms with Crippen molar-refractivity contribution >= 4 is 17.2 Å². The van der Waals surface area contributed by atoms with Gasteiger partial charge in [0.1, 0.15) is 10.8 Å². The van der Waals surface area contributed by atoms with Gasteiger partial charge in [-0.15, -0.1) is 6.58 Å². The molecule has 0 saturated heterocycles. The van der Waals surface area contributed by atoms with E-state index in [1.807, 2.05) is 6.07 Å². The molecule has 4 rings (SSSR count). The molecule has 1 aromatic rings. The van der Waals surface area contributed by atoms with Crippen LogP contribution in [-0.4, -0.2) is 7.11 Å². The van der Waals surface area contributed by atoms with Gasteiger partial charge in [-0.3, -0.25) is 0 Å². The van der Waals surface area contributed by atoms with E-state index >= 15 is 0 Å². The number of benzene rings is 1. The van der Waals surface area contributed by atoms with Crippen LogP contribution in [0.1, 0.15) is 76.2 Å². The lowest BCUT2D eigenvalue weighted by Gasteiger charge is -2.40. The summed E-state index contributed by atoms with van der Waals surface area (Å²) in [6.07, 6.45) is 18.8. The molecule has 164 valence electrons. The Morgan fingerprint density at radius 3 is 2.07 bits per heavy atom. The van der Waals surface area contributed by atoms with Gasteiger partial charge < -0.3 is 4.74 Å². The molecule has 30 heavy (non-hydrogen) atoms. The van der Waals surface area contributed by atoms with Crippen LogP contribution in [0.25, 0.3) is 5.57 Å². The maximum Gasteiger partial charge on any atom is 0.153 e. The molecule has 1 atom stereocenters. The molecular formula is C27H36ClFO. The number of ether oxygens (including phenoxy) is 1. The Kier molecular flexibility index (Phi) is 7.24. The molecule has 0 aliphatic heterocycles. The molecular weight excluding hydrogens is 395 g/mol. The molecule has 3 heteroatoms. The zero-order chi connectivity index (χ0) is 21.1. The zero-order valence-electron chi connectivity index (χ0n) is 18.3. The van der Waals surface area contributed by atoms with E-state index in [0.717, 1.165) is 48.0 Å². The molecule has 0 bridgehead atoms. The smallest absolute Gasteiger partial charge is 0.153 e. The van der Waals surface area contributed by atoms with Crippen molar-refractivity contribution in [2.24, 2.45) is 29.6 Å². The van der Waals surface area contributed by atoms with Crippen LogP contribution >= 0.6 is 11.6 Å². The largest absolute Gasteiger partial charge is 0.495 e. The Labute approximate surface area is 186 Å². The Morgan fingerprint density at radius 1 is 0.933 bits per heavy atom. The maximum absolute atomic E-state index is 14.7. The second-order valence-electron chi connectivity index (χ2n) is 9.79. The minimum Gasteiger partial charge on any atom is -0.495 e. The highest BCUT2D eigenvalue weighted by Gasteiger charge is 2.33. The van der Waals surface area contributed by atoms with Gasteiger partial charge in [0.05, 0.1) is 7.11 Å². The third-order valence-corrected chi connectivity index (χ3v) is 8.72. The number of methoxy groups -OCH3 is 1. The highest BCUT2D eigenvalue weighted by Crippen LogP contribution is 2.46.